The molecule has 156 valence electrons. The lowest BCUT2D eigenvalue weighted by atomic mass is 10.1. The van der Waals surface area contributed by atoms with Crippen molar-refractivity contribution in [3.05, 3.63) is 57.8 Å². The zero-order valence-electron chi connectivity index (χ0n) is 16.0. The van der Waals surface area contributed by atoms with Crippen LogP contribution in [0.4, 0.5) is 13.2 Å². The van der Waals surface area contributed by atoms with Crippen LogP contribution < -0.4 is 5.32 Å². The van der Waals surface area contributed by atoms with Crippen LogP contribution in [-0.2, 0) is 16.1 Å². The molecule has 0 aliphatic heterocycles. The van der Waals surface area contributed by atoms with Gasteiger partial charge in [0.25, 0.3) is 0 Å². The van der Waals surface area contributed by atoms with Crippen LogP contribution >= 0.6 is 11.3 Å². The molecule has 0 saturated heterocycles. The van der Waals surface area contributed by atoms with Crippen LogP contribution in [0.2, 0.25) is 0 Å². The highest BCUT2D eigenvalue weighted by Gasteiger charge is 2.47. The van der Waals surface area contributed by atoms with Crippen LogP contribution in [0.15, 0.2) is 41.8 Å². The third-order valence-corrected chi connectivity index (χ3v) is 5.98. The molecule has 2 aromatic rings. The Hall–Kier alpha value is -2.35. The van der Waals surface area contributed by atoms with Crippen molar-refractivity contribution in [3.8, 4) is 0 Å². The highest BCUT2D eigenvalue weighted by molar-refractivity contribution is 7.10. The van der Waals surface area contributed by atoms with E-state index in [2.05, 4.69) is 5.32 Å². The normalized spacial score (nSPS) is 15.9. The largest absolute Gasteiger partial charge is 0.471 e. The summed E-state index contributed by atoms with van der Waals surface area (Å²) in [6.45, 7) is 1.56. The summed E-state index contributed by atoms with van der Waals surface area (Å²) < 4.78 is 40.3. The predicted octanol–water partition coefficient (Wildman–Crippen LogP) is 4.75. The second-order valence-corrected chi connectivity index (χ2v) is 8.30. The molecule has 4 nitrogen and oxygen atoms in total. The number of benzene rings is 1. The fourth-order valence-electron chi connectivity index (χ4n) is 3.55. The van der Waals surface area contributed by atoms with Crippen molar-refractivity contribution < 1.29 is 22.8 Å². The number of aryl methyl sites for hydroxylation is 1. The van der Waals surface area contributed by atoms with Gasteiger partial charge >= 0.3 is 12.1 Å². The van der Waals surface area contributed by atoms with Crippen molar-refractivity contribution in [1.29, 1.82) is 0 Å². The van der Waals surface area contributed by atoms with E-state index in [4.69, 9.17) is 0 Å². The van der Waals surface area contributed by atoms with Gasteiger partial charge in [-0.2, -0.15) is 13.2 Å². The first-order valence-corrected chi connectivity index (χ1v) is 10.4. The molecule has 1 saturated carbocycles. The van der Waals surface area contributed by atoms with Crippen molar-refractivity contribution in [1.82, 2.24) is 10.2 Å². The summed E-state index contributed by atoms with van der Waals surface area (Å²) in [5, 5.41) is 4.54. The number of nitrogens with one attached hydrogen (secondary N) is 1. The van der Waals surface area contributed by atoms with Gasteiger partial charge in [-0.3, -0.25) is 9.59 Å². The van der Waals surface area contributed by atoms with E-state index in [1.807, 2.05) is 6.92 Å². The second-order valence-electron chi connectivity index (χ2n) is 7.32. The molecule has 29 heavy (non-hydrogen) atoms. The minimum Gasteiger partial charge on any atom is -0.351 e. The van der Waals surface area contributed by atoms with Crippen LogP contribution in [0.1, 0.15) is 47.7 Å². The molecule has 3 rings (SSSR count). The number of amides is 2. The Bertz CT molecular complexity index is 829. The minimum absolute atomic E-state index is 0.0628. The van der Waals surface area contributed by atoms with Gasteiger partial charge in [0.2, 0.25) is 5.91 Å². The summed E-state index contributed by atoms with van der Waals surface area (Å²) in [4.78, 5) is 26.4. The number of rotatable bonds is 6. The van der Waals surface area contributed by atoms with Crippen LogP contribution in [0.25, 0.3) is 0 Å². The molecule has 1 N–H and O–H groups in total. The first kappa shape index (κ1) is 21.4. The number of carbonyl (C=O) groups excluding carboxylic acids is 2. The van der Waals surface area contributed by atoms with Gasteiger partial charge in [0, 0.05) is 17.5 Å². The average molecular weight is 424 g/mol. The Labute approximate surface area is 171 Å². The summed E-state index contributed by atoms with van der Waals surface area (Å²) in [6.07, 6.45) is -1.53. The van der Waals surface area contributed by atoms with Crippen LogP contribution in [0.3, 0.4) is 0 Å². The molecule has 1 heterocycles. The van der Waals surface area contributed by atoms with Gasteiger partial charge in [0.05, 0.1) is 0 Å². The molecule has 0 unspecified atom stereocenters. The van der Waals surface area contributed by atoms with Gasteiger partial charge < -0.3 is 10.2 Å². The van der Waals surface area contributed by atoms with Gasteiger partial charge in [-0.25, -0.2) is 0 Å². The molecule has 8 heteroatoms. The molecule has 1 aliphatic rings. The predicted molar refractivity (Wildman–Crippen MR) is 105 cm³/mol. The zero-order chi connectivity index (χ0) is 21.0. The van der Waals surface area contributed by atoms with Crippen molar-refractivity contribution in [2.24, 2.45) is 0 Å². The molecule has 1 aliphatic carbocycles. The van der Waals surface area contributed by atoms with Crippen LogP contribution in [0, 0.1) is 6.92 Å². The molecular weight excluding hydrogens is 401 g/mol. The summed E-state index contributed by atoms with van der Waals surface area (Å²) in [5.41, 5.74) is 1.49. The van der Waals surface area contributed by atoms with Crippen LogP contribution in [-0.4, -0.2) is 28.9 Å². The van der Waals surface area contributed by atoms with Crippen molar-refractivity contribution in [2.75, 3.05) is 0 Å². The number of alkyl halides is 3. The SMILES string of the molecule is Cc1ccc(CN(C(=O)C(F)(F)F)[C@H](C(=O)NC2CCCC2)c2cccs2)cc1. The molecule has 1 atom stereocenters. The molecular formula is C21H23F3N2O2S. The standard InChI is InChI=1S/C21H23F3N2O2S/c1-14-8-10-15(11-9-14)13-26(20(28)21(22,23)24)18(17-7-4-12-29-17)19(27)25-16-5-2-3-6-16/h4,7-12,16,18H,2-3,5-6,13H2,1H3,(H,25,27)/t18-/m0/s1. The van der Waals surface area contributed by atoms with Gasteiger partial charge in [0.15, 0.2) is 0 Å². The zero-order valence-corrected chi connectivity index (χ0v) is 16.9. The lowest BCUT2D eigenvalue weighted by Gasteiger charge is -2.32. The summed E-state index contributed by atoms with van der Waals surface area (Å²) in [7, 11) is 0. The lowest BCUT2D eigenvalue weighted by Crippen LogP contribution is -2.49. The number of hydrogen-bond donors (Lipinski definition) is 1. The van der Waals surface area contributed by atoms with Crippen LogP contribution in [0.5, 0.6) is 0 Å². The molecule has 1 aromatic heterocycles. The maximum atomic E-state index is 13.4. The Balaban J connectivity index is 1.95. The van der Waals surface area contributed by atoms with E-state index >= 15 is 0 Å². The first-order valence-electron chi connectivity index (χ1n) is 9.53. The third kappa shape index (κ3) is 5.38. The Kier molecular flexibility index (Phi) is 6.62. The lowest BCUT2D eigenvalue weighted by molar-refractivity contribution is -0.189. The number of hydrogen-bond acceptors (Lipinski definition) is 3. The van der Waals surface area contributed by atoms with E-state index in [-0.39, 0.29) is 12.6 Å². The monoisotopic (exact) mass is 424 g/mol. The number of carbonyl (C=O) groups is 2. The molecule has 2 amide bonds. The molecule has 0 spiro atoms. The summed E-state index contributed by atoms with van der Waals surface area (Å²) >= 11 is 1.16. The van der Waals surface area contributed by atoms with Gasteiger partial charge in [-0.1, -0.05) is 48.7 Å². The average Bonchev–Trinajstić information content (AvgIpc) is 3.36. The molecule has 1 fully saturated rings. The van der Waals surface area contributed by atoms with Gasteiger partial charge in [-0.05, 0) is 36.8 Å². The maximum Gasteiger partial charge on any atom is 0.471 e. The second kappa shape index (κ2) is 8.98. The Morgan fingerprint density at radius 1 is 1.17 bits per heavy atom. The van der Waals surface area contributed by atoms with E-state index in [0.717, 1.165) is 42.6 Å². The fraction of sp³-hybridized carbons (Fsp3) is 0.429. The molecule has 0 bridgehead atoms. The topological polar surface area (TPSA) is 49.4 Å². The molecule has 1 aromatic carbocycles. The minimum atomic E-state index is -5.08. The summed E-state index contributed by atoms with van der Waals surface area (Å²) in [5.74, 6) is -2.58. The smallest absolute Gasteiger partial charge is 0.351 e. The van der Waals surface area contributed by atoms with E-state index < -0.39 is 24.0 Å². The third-order valence-electron chi connectivity index (χ3n) is 5.05. The van der Waals surface area contributed by atoms with E-state index in [1.165, 1.54) is 0 Å². The Morgan fingerprint density at radius 3 is 2.38 bits per heavy atom. The Morgan fingerprint density at radius 2 is 1.83 bits per heavy atom. The van der Waals surface area contributed by atoms with Crippen molar-refractivity contribution in [2.45, 2.75) is 57.4 Å². The van der Waals surface area contributed by atoms with Crippen molar-refractivity contribution in [3.63, 3.8) is 0 Å². The van der Waals surface area contributed by atoms with Gasteiger partial charge in [0.1, 0.15) is 6.04 Å². The van der Waals surface area contributed by atoms with E-state index in [9.17, 15) is 22.8 Å². The number of thiophene rings is 1. The van der Waals surface area contributed by atoms with Crippen molar-refractivity contribution >= 4 is 23.2 Å². The van der Waals surface area contributed by atoms with E-state index in [0.29, 0.717) is 15.3 Å². The highest BCUT2D eigenvalue weighted by Crippen LogP contribution is 2.32. The maximum absolute atomic E-state index is 13.4. The highest BCUT2D eigenvalue weighted by atomic mass is 32.1. The van der Waals surface area contributed by atoms with Gasteiger partial charge in [-0.15, -0.1) is 11.3 Å². The first-order chi connectivity index (χ1) is 13.8. The quantitative estimate of drug-likeness (QED) is 0.728. The fourth-order valence-corrected chi connectivity index (χ4v) is 4.39. The summed E-state index contributed by atoms with van der Waals surface area (Å²) in [6, 6.07) is 8.75. The number of halogens is 3. The molecule has 0 radical (unpaired) electrons. The number of nitrogens with zero attached hydrogens (tertiary/aromatic N) is 1. The van der Waals surface area contributed by atoms with E-state index in [1.54, 1.807) is 41.8 Å².